The Hall–Kier alpha value is -0.380. The summed E-state index contributed by atoms with van der Waals surface area (Å²) in [4.78, 5) is 2.23. The standard InChI is InChI=1S/C14H23BrN2/c1-12(13-6-8-14(15)9-7-13)16-10-4-5-11-17(2)3/h6-9,12,16H,4-5,10-11H2,1-3H3. The first-order valence-corrected chi connectivity index (χ1v) is 7.02. The van der Waals surface area contributed by atoms with E-state index >= 15 is 0 Å². The van der Waals surface area contributed by atoms with E-state index in [9.17, 15) is 0 Å². The second-order valence-corrected chi connectivity index (χ2v) is 5.65. The monoisotopic (exact) mass is 298 g/mol. The topological polar surface area (TPSA) is 15.3 Å². The third-order valence-corrected chi connectivity index (χ3v) is 3.38. The second kappa shape index (κ2) is 7.85. The molecular weight excluding hydrogens is 276 g/mol. The van der Waals surface area contributed by atoms with E-state index in [-0.39, 0.29) is 0 Å². The number of benzene rings is 1. The molecule has 0 saturated heterocycles. The largest absolute Gasteiger partial charge is 0.310 e. The van der Waals surface area contributed by atoms with Gasteiger partial charge in [-0.3, -0.25) is 0 Å². The smallest absolute Gasteiger partial charge is 0.0291 e. The summed E-state index contributed by atoms with van der Waals surface area (Å²) in [7, 11) is 4.25. The fourth-order valence-electron chi connectivity index (χ4n) is 1.74. The minimum atomic E-state index is 0.433. The van der Waals surface area contributed by atoms with Crippen molar-refractivity contribution in [1.29, 1.82) is 0 Å². The summed E-state index contributed by atoms with van der Waals surface area (Å²) in [5.41, 5.74) is 1.35. The summed E-state index contributed by atoms with van der Waals surface area (Å²) in [5, 5.41) is 3.56. The SMILES string of the molecule is CC(NCCCCN(C)C)c1ccc(Br)cc1. The minimum absolute atomic E-state index is 0.433. The molecule has 1 rings (SSSR count). The van der Waals surface area contributed by atoms with Crippen molar-refractivity contribution < 1.29 is 0 Å². The van der Waals surface area contributed by atoms with Gasteiger partial charge in [-0.2, -0.15) is 0 Å². The van der Waals surface area contributed by atoms with Crippen molar-refractivity contribution in [3.05, 3.63) is 34.3 Å². The van der Waals surface area contributed by atoms with Crippen LogP contribution >= 0.6 is 15.9 Å². The zero-order chi connectivity index (χ0) is 12.7. The van der Waals surface area contributed by atoms with Crippen LogP contribution in [0.4, 0.5) is 0 Å². The van der Waals surface area contributed by atoms with Crippen LogP contribution in [0.3, 0.4) is 0 Å². The Bertz CT molecular complexity index is 309. The van der Waals surface area contributed by atoms with Gasteiger partial charge in [-0.1, -0.05) is 28.1 Å². The molecule has 96 valence electrons. The van der Waals surface area contributed by atoms with E-state index in [0.717, 1.165) is 11.0 Å². The van der Waals surface area contributed by atoms with Crippen LogP contribution < -0.4 is 5.32 Å². The maximum atomic E-state index is 3.56. The Morgan fingerprint density at radius 1 is 1.18 bits per heavy atom. The number of nitrogens with one attached hydrogen (secondary N) is 1. The molecule has 1 N–H and O–H groups in total. The molecule has 3 heteroatoms. The zero-order valence-electron chi connectivity index (χ0n) is 11.0. The van der Waals surface area contributed by atoms with Gasteiger partial charge < -0.3 is 10.2 Å². The number of unbranched alkanes of at least 4 members (excludes halogenated alkanes) is 1. The highest BCUT2D eigenvalue weighted by Crippen LogP contribution is 2.16. The van der Waals surface area contributed by atoms with E-state index in [0.29, 0.717) is 6.04 Å². The molecule has 2 nitrogen and oxygen atoms in total. The van der Waals surface area contributed by atoms with Crippen LogP contribution in [0.15, 0.2) is 28.7 Å². The van der Waals surface area contributed by atoms with E-state index in [1.165, 1.54) is 24.9 Å². The lowest BCUT2D eigenvalue weighted by atomic mass is 10.1. The summed E-state index contributed by atoms with van der Waals surface area (Å²) < 4.78 is 1.14. The first kappa shape index (κ1) is 14.7. The minimum Gasteiger partial charge on any atom is -0.310 e. The lowest BCUT2D eigenvalue weighted by Gasteiger charge is -2.15. The summed E-state index contributed by atoms with van der Waals surface area (Å²) >= 11 is 3.46. The van der Waals surface area contributed by atoms with Gasteiger partial charge in [0.1, 0.15) is 0 Å². The molecule has 0 fully saturated rings. The predicted molar refractivity (Wildman–Crippen MR) is 78.3 cm³/mol. The average molecular weight is 299 g/mol. The van der Waals surface area contributed by atoms with Crippen molar-refractivity contribution in [1.82, 2.24) is 10.2 Å². The number of halogens is 1. The molecule has 0 heterocycles. The van der Waals surface area contributed by atoms with Gasteiger partial charge in [0.25, 0.3) is 0 Å². The number of nitrogens with zero attached hydrogens (tertiary/aromatic N) is 1. The van der Waals surface area contributed by atoms with Crippen LogP contribution in [0.25, 0.3) is 0 Å². The van der Waals surface area contributed by atoms with Crippen molar-refractivity contribution in [3.8, 4) is 0 Å². The highest BCUT2D eigenvalue weighted by molar-refractivity contribution is 9.10. The van der Waals surface area contributed by atoms with Crippen LogP contribution in [0.2, 0.25) is 0 Å². The first-order chi connectivity index (χ1) is 8.09. The fourth-order valence-corrected chi connectivity index (χ4v) is 2.01. The van der Waals surface area contributed by atoms with Crippen molar-refractivity contribution in [2.75, 3.05) is 27.2 Å². The van der Waals surface area contributed by atoms with Crippen molar-refractivity contribution >= 4 is 15.9 Å². The maximum absolute atomic E-state index is 3.56. The Labute approximate surface area is 114 Å². The Kier molecular flexibility index (Phi) is 6.78. The number of rotatable bonds is 7. The molecule has 1 atom stereocenters. The molecule has 17 heavy (non-hydrogen) atoms. The molecule has 1 unspecified atom stereocenters. The van der Waals surface area contributed by atoms with E-state index < -0.39 is 0 Å². The van der Waals surface area contributed by atoms with Gasteiger partial charge in [0, 0.05) is 10.5 Å². The fraction of sp³-hybridized carbons (Fsp3) is 0.571. The Morgan fingerprint density at radius 2 is 1.82 bits per heavy atom. The van der Waals surface area contributed by atoms with Crippen LogP contribution in [0.1, 0.15) is 31.4 Å². The summed E-state index contributed by atoms with van der Waals surface area (Å²) in [5.74, 6) is 0. The van der Waals surface area contributed by atoms with Crippen molar-refractivity contribution in [3.63, 3.8) is 0 Å². The van der Waals surface area contributed by atoms with E-state index in [1.807, 2.05) is 0 Å². The molecule has 0 amide bonds. The van der Waals surface area contributed by atoms with Crippen molar-refractivity contribution in [2.24, 2.45) is 0 Å². The van der Waals surface area contributed by atoms with Crippen molar-refractivity contribution in [2.45, 2.75) is 25.8 Å². The van der Waals surface area contributed by atoms with Gasteiger partial charge in [0.05, 0.1) is 0 Å². The lowest BCUT2D eigenvalue weighted by Crippen LogP contribution is -2.21. The molecule has 0 aliphatic carbocycles. The highest BCUT2D eigenvalue weighted by atomic mass is 79.9. The van der Waals surface area contributed by atoms with Gasteiger partial charge in [-0.15, -0.1) is 0 Å². The second-order valence-electron chi connectivity index (χ2n) is 4.74. The number of hydrogen-bond acceptors (Lipinski definition) is 2. The zero-order valence-corrected chi connectivity index (χ0v) is 12.6. The molecule has 0 aliphatic heterocycles. The molecule has 0 radical (unpaired) electrons. The summed E-state index contributed by atoms with van der Waals surface area (Å²) in [6.07, 6.45) is 2.49. The normalized spacial score (nSPS) is 13.0. The Balaban J connectivity index is 2.21. The molecule has 1 aromatic carbocycles. The summed E-state index contributed by atoms with van der Waals surface area (Å²) in [6.45, 7) is 4.48. The first-order valence-electron chi connectivity index (χ1n) is 6.23. The van der Waals surface area contributed by atoms with Gasteiger partial charge >= 0.3 is 0 Å². The Morgan fingerprint density at radius 3 is 2.41 bits per heavy atom. The van der Waals surface area contributed by atoms with Gasteiger partial charge in [0.2, 0.25) is 0 Å². The quantitative estimate of drug-likeness (QED) is 0.776. The van der Waals surface area contributed by atoms with E-state index in [1.54, 1.807) is 0 Å². The van der Waals surface area contributed by atoms with Crippen LogP contribution in [-0.4, -0.2) is 32.1 Å². The third-order valence-electron chi connectivity index (χ3n) is 2.85. The molecule has 1 aromatic rings. The van der Waals surface area contributed by atoms with Gasteiger partial charge in [-0.25, -0.2) is 0 Å². The molecule has 0 aliphatic rings. The molecule has 0 bridgehead atoms. The van der Waals surface area contributed by atoms with Crippen LogP contribution in [0, 0.1) is 0 Å². The molecule has 0 saturated carbocycles. The molecule has 0 spiro atoms. The van der Waals surface area contributed by atoms with Gasteiger partial charge in [-0.05, 0) is 64.6 Å². The molecule has 0 aromatic heterocycles. The van der Waals surface area contributed by atoms with Gasteiger partial charge in [0.15, 0.2) is 0 Å². The number of hydrogen-bond donors (Lipinski definition) is 1. The lowest BCUT2D eigenvalue weighted by molar-refractivity contribution is 0.389. The average Bonchev–Trinajstić information content (AvgIpc) is 2.29. The highest BCUT2D eigenvalue weighted by Gasteiger charge is 2.03. The van der Waals surface area contributed by atoms with Crippen LogP contribution in [-0.2, 0) is 0 Å². The maximum Gasteiger partial charge on any atom is 0.0291 e. The van der Waals surface area contributed by atoms with E-state index in [4.69, 9.17) is 0 Å². The molecular formula is C14H23BrN2. The third kappa shape index (κ3) is 6.20. The predicted octanol–water partition coefficient (Wildman–Crippen LogP) is 3.44. The van der Waals surface area contributed by atoms with Crippen LogP contribution in [0.5, 0.6) is 0 Å². The van der Waals surface area contributed by atoms with E-state index in [2.05, 4.69) is 71.4 Å². The summed E-state index contributed by atoms with van der Waals surface area (Å²) in [6, 6.07) is 8.96.